The molecule has 0 amide bonds. The summed E-state index contributed by atoms with van der Waals surface area (Å²) in [5.41, 5.74) is 2.60. The predicted molar refractivity (Wildman–Crippen MR) is 106 cm³/mol. The summed E-state index contributed by atoms with van der Waals surface area (Å²) in [7, 11) is 1.89. The molecule has 0 saturated carbocycles. The largest absolute Gasteiger partial charge is 0.369 e. The molecule has 2 rings (SSSR count). The maximum atomic E-state index is 4.32. The molecule has 0 atom stereocenters. The number of nitrogens with zero attached hydrogens (tertiary/aromatic N) is 3. The van der Waals surface area contributed by atoms with Gasteiger partial charge in [0.15, 0.2) is 0 Å². The highest BCUT2D eigenvalue weighted by Crippen LogP contribution is 2.16. The van der Waals surface area contributed by atoms with E-state index in [2.05, 4.69) is 64.2 Å². The van der Waals surface area contributed by atoms with Gasteiger partial charge in [0.25, 0.3) is 0 Å². The first-order chi connectivity index (χ1) is 11.8. The molecule has 0 aliphatic carbocycles. The second kappa shape index (κ2) is 11.0. The van der Waals surface area contributed by atoms with Crippen LogP contribution >= 0.6 is 0 Å². The fourth-order valence-corrected chi connectivity index (χ4v) is 3.33. The molecule has 1 fully saturated rings. The van der Waals surface area contributed by atoms with Gasteiger partial charge < -0.3 is 4.90 Å². The minimum atomic E-state index is 1.12. The predicted octanol–water partition coefficient (Wildman–Crippen LogP) is 4.41. The van der Waals surface area contributed by atoms with Crippen LogP contribution in [0.4, 0.5) is 5.69 Å². The van der Waals surface area contributed by atoms with Gasteiger partial charge in [-0.3, -0.25) is 9.89 Å². The van der Waals surface area contributed by atoms with Crippen molar-refractivity contribution in [3.8, 4) is 0 Å². The zero-order valence-corrected chi connectivity index (χ0v) is 15.5. The zero-order chi connectivity index (χ0) is 17.0. The summed E-state index contributed by atoms with van der Waals surface area (Å²) in [5.74, 6) is 0. The molecule has 1 aliphatic heterocycles. The summed E-state index contributed by atoms with van der Waals surface area (Å²) in [6.45, 7) is 8.02. The molecule has 132 valence electrons. The van der Waals surface area contributed by atoms with E-state index in [4.69, 9.17) is 0 Å². The molecule has 3 nitrogen and oxygen atoms in total. The Labute approximate surface area is 148 Å². The Hall–Kier alpha value is -1.61. The van der Waals surface area contributed by atoms with Gasteiger partial charge in [0, 0.05) is 44.6 Å². The Bertz CT molecular complexity index is 499. The van der Waals surface area contributed by atoms with E-state index in [1.807, 2.05) is 7.05 Å². The van der Waals surface area contributed by atoms with Crippen molar-refractivity contribution >= 4 is 11.4 Å². The molecular weight excluding hydrogens is 294 g/mol. The maximum absolute atomic E-state index is 4.32. The highest BCUT2D eigenvalue weighted by Gasteiger charge is 2.16. The molecule has 1 aromatic rings. The fourth-order valence-electron chi connectivity index (χ4n) is 3.33. The molecule has 1 aromatic carbocycles. The van der Waals surface area contributed by atoms with E-state index < -0.39 is 0 Å². The van der Waals surface area contributed by atoms with Crippen LogP contribution in [0, 0.1) is 0 Å². The van der Waals surface area contributed by atoms with Crippen molar-refractivity contribution in [2.45, 2.75) is 39.0 Å². The van der Waals surface area contributed by atoms with E-state index in [0.29, 0.717) is 0 Å². The van der Waals surface area contributed by atoms with E-state index in [1.54, 1.807) is 0 Å². The Morgan fingerprint density at radius 2 is 1.71 bits per heavy atom. The van der Waals surface area contributed by atoms with Crippen molar-refractivity contribution in [3.05, 3.63) is 42.5 Å². The van der Waals surface area contributed by atoms with Crippen molar-refractivity contribution in [3.63, 3.8) is 0 Å². The van der Waals surface area contributed by atoms with Crippen molar-refractivity contribution in [1.82, 2.24) is 4.90 Å². The lowest BCUT2D eigenvalue weighted by atomic mass is 10.1. The average molecular weight is 328 g/mol. The van der Waals surface area contributed by atoms with Crippen LogP contribution in [0.2, 0.25) is 0 Å². The quantitative estimate of drug-likeness (QED) is 0.494. The van der Waals surface area contributed by atoms with Gasteiger partial charge in [0.2, 0.25) is 0 Å². The van der Waals surface area contributed by atoms with Crippen LogP contribution in [0.15, 0.2) is 47.5 Å². The van der Waals surface area contributed by atoms with Gasteiger partial charge in [-0.1, -0.05) is 37.1 Å². The van der Waals surface area contributed by atoms with Crippen LogP contribution < -0.4 is 4.90 Å². The van der Waals surface area contributed by atoms with Crippen LogP contribution in [0.1, 0.15) is 39.0 Å². The number of rotatable bonds is 9. The Morgan fingerprint density at radius 3 is 2.38 bits per heavy atom. The van der Waals surface area contributed by atoms with Crippen molar-refractivity contribution < 1.29 is 0 Å². The van der Waals surface area contributed by atoms with E-state index in [0.717, 1.165) is 19.5 Å². The van der Waals surface area contributed by atoms with Crippen molar-refractivity contribution in [2.75, 3.05) is 44.7 Å². The molecule has 3 heteroatoms. The van der Waals surface area contributed by atoms with E-state index in [-0.39, 0.29) is 0 Å². The molecule has 0 radical (unpaired) electrons. The number of anilines is 1. The van der Waals surface area contributed by atoms with Gasteiger partial charge in [0.05, 0.1) is 0 Å². The standard InChI is InChI=1S/C21H33N3/c1-3-11-20(22-2)12-7-4-5-10-15-23-16-18-24(19-17-23)21-13-8-6-9-14-21/h3,6,8-9,11,13-14H,4-5,7,10,12,15-19H2,1-2H3/b11-3-,22-20+. The van der Waals surface area contributed by atoms with Crippen LogP contribution in [-0.4, -0.2) is 50.4 Å². The molecule has 1 heterocycles. The minimum absolute atomic E-state index is 1.12. The lowest BCUT2D eigenvalue weighted by Crippen LogP contribution is -2.46. The summed E-state index contributed by atoms with van der Waals surface area (Å²) in [6, 6.07) is 10.8. The normalized spacial score (nSPS) is 16.9. The third-order valence-electron chi connectivity index (χ3n) is 4.80. The first kappa shape index (κ1) is 18.7. The number of aliphatic imine (C=N–C) groups is 1. The smallest absolute Gasteiger partial charge is 0.0367 e. The first-order valence-corrected chi connectivity index (χ1v) is 9.44. The van der Waals surface area contributed by atoms with Gasteiger partial charge in [0.1, 0.15) is 0 Å². The monoisotopic (exact) mass is 327 g/mol. The summed E-state index contributed by atoms with van der Waals surface area (Å²) >= 11 is 0. The number of hydrogen-bond acceptors (Lipinski definition) is 3. The number of unbranched alkanes of at least 4 members (excludes halogenated alkanes) is 3. The molecule has 0 spiro atoms. The maximum Gasteiger partial charge on any atom is 0.0367 e. The number of hydrogen-bond donors (Lipinski definition) is 0. The molecule has 1 saturated heterocycles. The van der Waals surface area contributed by atoms with Gasteiger partial charge in [-0.2, -0.15) is 0 Å². The summed E-state index contributed by atoms with van der Waals surface area (Å²) in [5, 5.41) is 0. The SMILES string of the molecule is C/C=C\C(CCCCCCN1CCN(c2ccccc2)CC1)=N/C. The molecule has 24 heavy (non-hydrogen) atoms. The summed E-state index contributed by atoms with van der Waals surface area (Å²) in [4.78, 5) is 9.44. The molecule has 0 N–H and O–H groups in total. The Kier molecular flexibility index (Phi) is 8.61. The van der Waals surface area contributed by atoms with Crippen LogP contribution in [-0.2, 0) is 0 Å². The van der Waals surface area contributed by atoms with E-state index in [1.165, 1.54) is 56.7 Å². The number of allylic oxidation sites excluding steroid dienone is 2. The van der Waals surface area contributed by atoms with E-state index >= 15 is 0 Å². The Balaban J connectivity index is 1.54. The second-order valence-electron chi connectivity index (χ2n) is 6.54. The topological polar surface area (TPSA) is 18.8 Å². The van der Waals surface area contributed by atoms with Gasteiger partial charge in [-0.15, -0.1) is 0 Å². The third-order valence-corrected chi connectivity index (χ3v) is 4.80. The molecule has 0 bridgehead atoms. The summed E-state index contributed by atoms with van der Waals surface area (Å²) in [6.07, 6.45) is 10.6. The van der Waals surface area contributed by atoms with Crippen molar-refractivity contribution in [2.24, 2.45) is 4.99 Å². The van der Waals surface area contributed by atoms with Gasteiger partial charge >= 0.3 is 0 Å². The molecular formula is C21H33N3. The number of benzene rings is 1. The number of piperazine rings is 1. The highest BCUT2D eigenvalue weighted by molar-refractivity contribution is 5.94. The molecule has 0 unspecified atom stereocenters. The van der Waals surface area contributed by atoms with Crippen LogP contribution in [0.25, 0.3) is 0 Å². The minimum Gasteiger partial charge on any atom is -0.369 e. The van der Waals surface area contributed by atoms with Crippen molar-refractivity contribution in [1.29, 1.82) is 0 Å². The number of para-hydroxylation sites is 1. The first-order valence-electron chi connectivity index (χ1n) is 9.44. The van der Waals surface area contributed by atoms with Gasteiger partial charge in [-0.05, 0) is 50.9 Å². The average Bonchev–Trinajstić information content (AvgIpc) is 2.65. The Morgan fingerprint density at radius 1 is 1.00 bits per heavy atom. The van der Waals surface area contributed by atoms with Crippen LogP contribution in [0.5, 0.6) is 0 Å². The summed E-state index contributed by atoms with van der Waals surface area (Å²) < 4.78 is 0. The third kappa shape index (κ3) is 6.48. The fraction of sp³-hybridized carbons (Fsp3) is 0.571. The lowest BCUT2D eigenvalue weighted by molar-refractivity contribution is 0.252. The highest BCUT2D eigenvalue weighted by atomic mass is 15.3. The lowest BCUT2D eigenvalue weighted by Gasteiger charge is -2.36. The molecule has 1 aliphatic rings. The second-order valence-corrected chi connectivity index (χ2v) is 6.54. The van der Waals surface area contributed by atoms with E-state index in [9.17, 15) is 0 Å². The van der Waals surface area contributed by atoms with Crippen LogP contribution in [0.3, 0.4) is 0 Å². The zero-order valence-electron chi connectivity index (χ0n) is 15.5. The molecule has 0 aromatic heterocycles. The van der Waals surface area contributed by atoms with Gasteiger partial charge in [-0.25, -0.2) is 0 Å².